The molecule has 2 fully saturated rings. The van der Waals surface area contributed by atoms with E-state index in [0.717, 1.165) is 13.1 Å². The van der Waals surface area contributed by atoms with Crippen LogP contribution in [0.25, 0.3) is 0 Å². The molecule has 2 amide bonds. The maximum Gasteiger partial charge on any atom is 0.314 e. The van der Waals surface area contributed by atoms with Gasteiger partial charge in [0.15, 0.2) is 0 Å². The van der Waals surface area contributed by atoms with Gasteiger partial charge in [-0.1, -0.05) is 6.07 Å². The van der Waals surface area contributed by atoms with Crippen LogP contribution in [-0.4, -0.2) is 56.6 Å². The van der Waals surface area contributed by atoms with Crippen LogP contribution < -0.4 is 10.6 Å². The van der Waals surface area contributed by atoms with E-state index in [0.29, 0.717) is 26.5 Å². The first kappa shape index (κ1) is 15.7. The average molecular weight is 325 g/mol. The number of ether oxygens (including phenoxy) is 2. The Morgan fingerprint density at radius 3 is 2.95 bits per heavy atom. The summed E-state index contributed by atoms with van der Waals surface area (Å²) in [6, 6.07) is 4.35. The molecule has 2 aliphatic rings. The van der Waals surface area contributed by atoms with Crippen molar-refractivity contribution in [3.8, 4) is 0 Å². The monoisotopic (exact) mass is 325 g/mol. The van der Waals surface area contributed by atoms with Crippen molar-refractivity contribution in [2.75, 3.05) is 39.6 Å². The molecule has 1 aromatic heterocycles. The highest BCUT2D eigenvalue weighted by molar-refractivity contribution is 7.10. The second-order valence-corrected chi connectivity index (χ2v) is 6.62. The Bertz CT molecular complexity index is 457. The van der Waals surface area contributed by atoms with E-state index >= 15 is 0 Å². The molecule has 2 saturated heterocycles. The van der Waals surface area contributed by atoms with E-state index in [1.807, 2.05) is 0 Å². The van der Waals surface area contributed by atoms with E-state index in [9.17, 15) is 4.79 Å². The Kier molecular flexibility index (Phi) is 5.66. The number of thiophene rings is 1. The fraction of sp³-hybridized carbons (Fsp3) is 0.667. The zero-order valence-electron chi connectivity index (χ0n) is 12.6. The molecule has 22 heavy (non-hydrogen) atoms. The summed E-state index contributed by atoms with van der Waals surface area (Å²) in [6.07, 6.45) is 2.46. The van der Waals surface area contributed by atoms with E-state index in [2.05, 4.69) is 33.0 Å². The number of carbonyl (C=O) groups is 1. The van der Waals surface area contributed by atoms with Crippen LogP contribution in [0.5, 0.6) is 0 Å². The highest BCUT2D eigenvalue weighted by Gasteiger charge is 2.25. The standard InChI is InChI=1S/C15H23N3O3S/c19-15(16-8-12-10-20-11-21-12)17-9-13(14-4-3-7-22-14)18-5-1-2-6-18/h3-4,7,12-13H,1-2,5-6,8-11H2,(H2,16,17,19). The second-order valence-electron chi connectivity index (χ2n) is 5.64. The zero-order valence-corrected chi connectivity index (χ0v) is 13.4. The lowest BCUT2D eigenvalue weighted by atomic mass is 10.2. The van der Waals surface area contributed by atoms with Crippen molar-refractivity contribution in [2.45, 2.75) is 25.0 Å². The number of hydrogen-bond acceptors (Lipinski definition) is 5. The van der Waals surface area contributed by atoms with Crippen molar-refractivity contribution < 1.29 is 14.3 Å². The molecule has 3 heterocycles. The van der Waals surface area contributed by atoms with Gasteiger partial charge in [-0.3, -0.25) is 4.90 Å². The number of hydrogen-bond donors (Lipinski definition) is 2. The molecule has 7 heteroatoms. The van der Waals surface area contributed by atoms with Gasteiger partial charge in [-0.05, 0) is 37.4 Å². The fourth-order valence-electron chi connectivity index (χ4n) is 2.89. The molecule has 3 rings (SSSR count). The second kappa shape index (κ2) is 7.92. The van der Waals surface area contributed by atoms with Gasteiger partial charge in [-0.25, -0.2) is 4.79 Å². The number of urea groups is 1. The maximum absolute atomic E-state index is 12.0. The van der Waals surface area contributed by atoms with Crippen LogP contribution in [0.4, 0.5) is 4.79 Å². The van der Waals surface area contributed by atoms with Gasteiger partial charge in [0.1, 0.15) is 12.9 Å². The summed E-state index contributed by atoms with van der Waals surface area (Å²) in [7, 11) is 0. The third-order valence-electron chi connectivity index (χ3n) is 4.09. The molecule has 0 saturated carbocycles. The summed E-state index contributed by atoms with van der Waals surface area (Å²) >= 11 is 1.75. The molecule has 0 bridgehead atoms. The Labute approximate surface area is 134 Å². The first-order chi connectivity index (χ1) is 10.8. The Hall–Kier alpha value is -1.15. The van der Waals surface area contributed by atoms with E-state index in [4.69, 9.17) is 9.47 Å². The summed E-state index contributed by atoms with van der Waals surface area (Å²) in [5.74, 6) is 0. The molecule has 6 nitrogen and oxygen atoms in total. The van der Waals surface area contributed by atoms with Crippen molar-refractivity contribution in [3.05, 3.63) is 22.4 Å². The molecule has 0 aliphatic carbocycles. The lowest BCUT2D eigenvalue weighted by Gasteiger charge is -2.27. The Balaban J connectivity index is 1.47. The lowest BCUT2D eigenvalue weighted by molar-refractivity contribution is 0.0475. The first-order valence-electron chi connectivity index (χ1n) is 7.81. The molecule has 122 valence electrons. The van der Waals surface area contributed by atoms with Crippen LogP contribution >= 0.6 is 11.3 Å². The van der Waals surface area contributed by atoms with Gasteiger partial charge in [0.05, 0.1) is 12.6 Å². The molecule has 0 aromatic carbocycles. The minimum atomic E-state index is -0.142. The van der Waals surface area contributed by atoms with Gasteiger partial charge in [0, 0.05) is 18.0 Å². The largest absolute Gasteiger partial charge is 0.353 e. The van der Waals surface area contributed by atoms with Crippen LogP contribution in [-0.2, 0) is 9.47 Å². The van der Waals surface area contributed by atoms with Crippen molar-refractivity contribution in [1.29, 1.82) is 0 Å². The van der Waals surface area contributed by atoms with Gasteiger partial charge >= 0.3 is 6.03 Å². The van der Waals surface area contributed by atoms with Crippen LogP contribution in [0.1, 0.15) is 23.8 Å². The zero-order chi connectivity index (χ0) is 15.2. The number of likely N-dealkylation sites (tertiary alicyclic amines) is 1. The molecule has 2 N–H and O–H groups in total. The lowest BCUT2D eigenvalue weighted by Crippen LogP contribution is -2.43. The molecule has 2 aliphatic heterocycles. The molecule has 2 atom stereocenters. The predicted molar refractivity (Wildman–Crippen MR) is 85.0 cm³/mol. The third kappa shape index (κ3) is 4.19. The molecule has 1 aromatic rings. The summed E-state index contributed by atoms with van der Waals surface area (Å²) in [4.78, 5) is 15.7. The summed E-state index contributed by atoms with van der Waals surface area (Å²) in [5, 5.41) is 7.93. The normalized spacial score (nSPS) is 23.5. The summed E-state index contributed by atoms with van der Waals surface area (Å²) < 4.78 is 10.4. The van der Waals surface area contributed by atoms with E-state index in [1.165, 1.54) is 17.7 Å². The highest BCUT2D eigenvalue weighted by atomic mass is 32.1. The minimum Gasteiger partial charge on any atom is -0.353 e. The number of carbonyl (C=O) groups excluding carboxylic acids is 1. The first-order valence-corrected chi connectivity index (χ1v) is 8.69. The summed E-state index contributed by atoms with van der Waals surface area (Å²) in [6.45, 7) is 4.21. The number of amides is 2. The summed E-state index contributed by atoms with van der Waals surface area (Å²) in [5.41, 5.74) is 0. The van der Waals surface area contributed by atoms with Gasteiger partial charge in [-0.2, -0.15) is 0 Å². The van der Waals surface area contributed by atoms with E-state index in [1.54, 1.807) is 11.3 Å². The maximum atomic E-state index is 12.0. The van der Waals surface area contributed by atoms with Crippen molar-refractivity contribution in [2.24, 2.45) is 0 Å². The third-order valence-corrected chi connectivity index (χ3v) is 5.06. The van der Waals surface area contributed by atoms with Crippen LogP contribution in [0.2, 0.25) is 0 Å². The van der Waals surface area contributed by atoms with Gasteiger partial charge in [0.25, 0.3) is 0 Å². The Morgan fingerprint density at radius 1 is 1.41 bits per heavy atom. The average Bonchev–Trinajstić information content (AvgIpc) is 3.27. The van der Waals surface area contributed by atoms with E-state index < -0.39 is 0 Å². The van der Waals surface area contributed by atoms with Crippen molar-refractivity contribution >= 4 is 17.4 Å². The molecule has 0 radical (unpaired) electrons. The topological polar surface area (TPSA) is 62.8 Å². The molecule has 2 unspecified atom stereocenters. The Morgan fingerprint density at radius 2 is 2.27 bits per heavy atom. The molecular weight excluding hydrogens is 302 g/mol. The van der Waals surface area contributed by atoms with Crippen molar-refractivity contribution in [1.82, 2.24) is 15.5 Å². The molecular formula is C15H23N3O3S. The van der Waals surface area contributed by atoms with Gasteiger partial charge < -0.3 is 20.1 Å². The van der Waals surface area contributed by atoms with Gasteiger partial charge in [-0.15, -0.1) is 11.3 Å². The smallest absolute Gasteiger partial charge is 0.314 e. The number of nitrogens with zero attached hydrogens (tertiary/aromatic N) is 1. The fourth-order valence-corrected chi connectivity index (χ4v) is 3.75. The van der Waals surface area contributed by atoms with Crippen LogP contribution in [0, 0.1) is 0 Å². The number of nitrogens with one attached hydrogen (secondary N) is 2. The van der Waals surface area contributed by atoms with Crippen LogP contribution in [0.15, 0.2) is 17.5 Å². The predicted octanol–water partition coefficient (Wildman–Crippen LogP) is 1.56. The number of rotatable bonds is 6. The minimum absolute atomic E-state index is 0.0302. The van der Waals surface area contributed by atoms with Gasteiger partial charge in [0.2, 0.25) is 0 Å². The SMILES string of the molecule is O=C(NCC1COCO1)NCC(c1cccs1)N1CCCC1. The highest BCUT2D eigenvalue weighted by Crippen LogP contribution is 2.27. The van der Waals surface area contributed by atoms with Crippen molar-refractivity contribution in [3.63, 3.8) is 0 Å². The van der Waals surface area contributed by atoms with Crippen LogP contribution in [0.3, 0.4) is 0 Å². The quantitative estimate of drug-likeness (QED) is 0.833. The molecule has 0 spiro atoms. The van der Waals surface area contributed by atoms with E-state index in [-0.39, 0.29) is 18.2 Å².